The van der Waals surface area contributed by atoms with E-state index in [1.165, 1.54) is 12.1 Å². The summed E-state index contributed by atoms with van der Waals surface area (Å²) in [7, 11) is 0. The van der Waals surface area contributed by atoms with Crippen molar-refractivity contribution in [3.63, 3.8) is 0 Å². The van der Waals surface area contributed by atoms with Crippen molar-refractivity contribution in [3.05, 3.63) is 166 Å². The van der Waals surface area contributed by atoms with Gasteiger partial charge in [-0.3, -0.25) is 4.79 Å². The van der Waals surface area contributed by atoms with E-state index in [2.05, 4.69) is 15.6 Å². The highest BCUT2D eigenvalue weighted by molar-refractivity contribution is 5.87. The van der Waals surface area contributed by atoms with Crippen LogP contribution in [0.15, 0.2) is 138 Å². The predicted molar refractivity (Wildman–Crippen MR) is 247 cm³/mol. The van der Waals surface area contributed by atoms with Crippen LogP contribution in [-0.2, 0) is 11.3 Å². The number of piperidine rings is 3. The van der Waals surface area contributed by atoms with Gasteiger partial charge in [-0.25, -0.2) is 4.79 Å². The number of phenols is 1. The average Bonchev–Trinajstić information content (AvgIpc) is 3.32. The third-order valence-electron chi connectivity index (χ3n) is 12.6. The normalized spacial score (nSPS) is 18.8. The zero-order valence-corrected chi connectivity index (χ0v) is 36.2. The lowest BCUT2D eigenvalue weighted by Crippen LogP contribution is -2.65. The molecule has 6 aromatic rings. The quantitative estimate of drug-likeness (QED) is 0.0357. The highest BCUT2D eigenvalue weighted by Gasteiger charge is 2.47. The van der Waals surface area contributed by atoms with Crippen molar-refractivity contribution in [2.75, 3.05) is 52.5 Å². The lowest BCUT2D eigenvalue weighted by atomic mass is 9.83. The molecule has 2 unspecified atom stereocenters. The van der Waals surface area contributed by atoms with E-state index in [0.29, 0.717) is 54.5 Å². The van der Waals surface area contributed by atoms with Gasteiger partial charge in [-0.2, -0.15) is 0 Å². The summed E-state index contributed by atoms with van der Waals surface area (Å²) in [6.45, 7) is 6.52. The second kappa shape index (κ2) is 21.4. The number of hydrogen-bond acceptors (Lipinski definition) is 9. The van der Waals surface area contributed by atoms with Gasteiger partial charge in [-0.05, 0) is 96.6 Å². The molecule has 3 atom stereocenters. The van der Waals surface area contributed by atoms with Crippen LogP contribution in [0, 0.1) is 5.92 Å². The molecule has 64 heavy (non-hydrogen) atoms. The number of para-hydroxylation sites is 1. The number of aromatic nitrogens is 1. The van der Waals surface area contributed by atoms with Crippen molar-refractivity contribution < 1.29 is 38.4 Å². The molecule has 1 aromatic heterocycles. The van der Waals surface area contributed by atoms with Gasteiger partial charge in [0.15, 0.2) is 6.10 Å². The van der Waals surface area contributed by atoms with Gasteiger partial charge in [-0.1, -0.05) is 78.9 Å². The van der Waals surface area contributed by atoms with E-state index in [1.807, 2.05) is 109 Å². The first-order valence-corrected chi connectivity index (χ1v) is 22.5. The van der Waals surface area contributed by atoms with Gasteiger partial charge in [0.1, 0.15) is 49.3 Å². The molecule has 9 rings (SSSR count). The van der Waals surface area contributed by atoms with Crippen LogP contribution in [0.2, 0.25) is 0 Å². The zero-order valence-electron chi connectivity index (χ0n) is 36.2. The molecule has 334 valence electrons. The standard InChI is InChI=1S/C52H58N4O8/c57-46-22-20-44(45-21-23-49(59)54-51(45)46)47(58)34-53-26-8-3-9-30-61-42-18-10-12-37(32-42)36-63-43-19-11-15-40(33-43)50(39-13-4-1-5-14-39)55-52(60)64-48-35-56(27-24-38(48)25-28-56)29-31-62-41-16-6-2-7-17-41/h1-2,4-7,10-23,32-33,38,47-48,50,53,58H,3,8-9,24-31,34-36H2,(H2-,54,55,57,59,60)/p+1/t38?,47?,48-,50?,56?/m0/s1. The fourth-order valence-electron chi connectivity index (χ4n) is 9.13. The van der Waals surface area contributed by atoms with Crippen molar-refractivity contribution in [2.24, 2.45) is 5.92 Å². The molecule has 1 amide bonds. The SMILES string of the molecule is O=C(NC(c1ccccc1)c1cccc(OCc2cccc(OCCCCCNCC(O)c3ccc(O)c4[nH]c(=O)ccc34)c2)c1)O[C@H]1C[N+]2(CCOc3ccccc3)CCC1CC2. The Balaban J connectivity index is 0.783. The van der Waals surface area contributed by atoms with Gasteiger partial charge < -0.3 is 49.3 Å². The topological polar surface area (TPSA) is 151 Å². The summed E-state index contributed by atoms with van der Waals surface area (Å²) < 4.78 is 25.6. The summed E-state index contributed by atoms with van der Waals surface area (Å²) in [5.74, 6) is 2.69. The van der Waals surface area contributed by atoms with Gasteiger partial charge in [0.25, 0.3) is 0 Å². The Bertz CT molecular complexity index is 2490. The molecule has 3 aliphatic heterocycles. The number of alkyl carbamates (subject to hydrolysis) is 1. The fraction of sp³-hybridized carbons (Fsp3) is 0.346. The minimum absolute atomic E-state index is 0.0280. The molecule has 4 heterocycles. The summed E-state index contributed by atoms with van der Waals surface area (Å²) in [5.41, 5.74) is 3.48. The predicted octanol–water partition coefficient (Wildman–Crippen LogP) is 8.19. The number of aliphatic hydroxyl groups is 1. The Labute approximate surface area is 374 Å². The van der Waals surface area contributed by atoms with Crippen LogP contribution < -0.4 is 30.4 Å². The maximum atomic E-state index is 13.7. The van der Waals surface area contributed by atoms with Gasteiger partial charge in [-0.15, -0.1) is 0 Å². The molecule has 12 heteroatoms. The number of aromatic amines is 1. The zero-order chi connectivity index (χ0) is 44.1. The number of ether oxygens (including phenoxy) is 4. The molecule has 3 saturated heterocycles. The number of amides is 1. The number of fused-ring (bicyclic) bond motifs is 4. The van der Waals surface area contributed by atoms with Crippen molar-refractivity contribution >= 4 is 17.0 Å². The lowest BCUT2D eigenvalue weighted by Gasteiger charge is -2.51. The third-order valence-corrected chi connectivity index (χ3v) is 12.6. The number of aromatic hydroxyl groups is 1. The van der Waals surface area contributed by atoms with E-state index in [0.717, 1.165) is 97.5 Å². The van der Waals surface area contributed by atoms with Crippen LogP contribution in [0.1, 0.15) is 66.5 Å². The maximum absolute atomic E-state index is 13.7. The highest BCUT2D eigenvalue weighted by Crippen LogP contribution is 2.36. The number of hydrogen-bond donors (Lipinski definition) is 5. The lowest BCUT2D eigenvalue weighted by molar-refractivity contribution is -0.946. The third kappa shape index (κ3) is 11.6. The Hall–Kier alpha value is -6.34. The maximum Gasteiger partial charge on any atom is 0.408 e. The molecule has 0 radical (unpaired) electrons. The minimum atomic E-state index is -0.788. The first-order valence-electron chi connectivity index (χ1n) is 22.5. The number of nitrogens with one attached hydrogen (secondary N) is 3. The second-order valence-corrected chi connectivity index (χ2v) is 17.0. The van der Waals surface area contributed by atoms with Gasteiger partial charge >= 0.3 is 6.09 Å². The Morgan fingerprint density at radius 1 is 0.750 bits per heavy atom. The van der Waals surface area contributed by atoms with Crippen LogP contribution in [-0.4, -0.2) is 84.4 Å². The van der Waals surface area contributed by atoms with Gasteiger partial charge in [0.05, 0.1) is 37.4 Å². The molecule has 2 bridgehead atoms. The first kappa shape index (κ1) is 44.3. The van der Waals surface area contributed by atoms with E-state index < -0.39 is 18.2 Å². The van der Waals surface area contributed by atoms with Gasteiger partial charge in [0, 0.05) is 36.8 Å². The van der Waals surface area contributed by atoms with Crippen molar-refractivity contribution in [1.29, 1.82) is 0 Å². The van der Waals surface area contributed by atoms with Crippen LogP contribution in [0.4, 0.5) is 4.79 Å². The average molecular weight is 868 g/mol. The molecule has 3 aliphatic rings. The number of quaternary nitrogens is 1. The van der Waals surface area contributed by atoms with Crippen LogP contribution >= 0.6 is 0 Å². The number of phenolic OH excluding ortho intramolecular Hbond substituents is 1. The smallest absolute Gasteiger partial charge is 0.408 e. The summed E-state index contributed by atoms with van der Waals surface area (Å²) >= 11 is 0. The molecule has 0 spiro atoms. The molecule has 5 N–H and O–H groups in total. The molecule has 0 saturated carbocycles. The van der Waals surface area contributed by atoms with Crippen molar-refractivity contribution in [1.82, 2.24) is 15.6 Å². The number of rotatable bonds is 21. The molecular weight excluding hydrogens is 809 g/mol. The van der Waals surface area contributed by atoms with Crippen molar-refractivity contribution in [2.45, 2.75) is 57.0 Å². The summed E-state index contributed by atoms with van der Waals surface area (Å²) in [6.07, 6.45) is 3.49. The number of carbonyl (C=O) groups excluding carboxylic acids is 1. The molecule has 0 aliphatic carbocycles. The van der Waals surface area contributed by atoms with E-state index in [4.69, 9.17) is 18.9 Å². The highest BCUT2D eigenvalue weighted by atomic mass is 16.6. The number of pyridine rings is 1. The molecular formula is C52H59N4O8+. The number of unbranched alkanes of at least 4 members (excludes halogenated alkanes) is 2. The Kier molecular flexibility index (Phi) is 14.8. The van der Waals surface area contributed by atoms with E-state index in [-0.39, 0.29) is 17.4 Å². The second-order valence-electron chi connectivity index (χ2n) is 17.0. The number of benzene rings is 5. The van der Waals surface area contributed by atoms with Crippen molar-refractivity contribution in [3.8, 4) is 23.0 Å². The summed E-state index contributed by atoms with van der Waals surface area (Å²) in [6, 6.07) is 41.4. The Morgan fingerprint density at radius 3 is 2.28 bits per heavy atom. The minimum Gasteiger partial charge on any atom is -0.506 e. The van der Waals surface area contributed by atoms with Crippen LogP contribution in [0.25, 0.3) is 10.9 Å². The van der Waals surface area contributed by atoms with Crippen LogP contribution in [0.3, 0.4) is 0 Å². The number of nitrogens with zero attached hydrogens (tertiary/aromatic N) is 1. The summed E-state index contributed by atoms with van der Waals surface area (Å²) in [4.78, 5) is 28.1. The van der Waals surface area contributed by atoms with E-state index >= 15 is 0 Å². The monoisotopic (exact) mass is 867 g/mol. The van der Waals surface area contributed by atoms with E-state index in [1.54, 1.807) is 12.1 Å². The number of H-pyrrole nitrogens is 1. The fourth-order valence-corrected chi connectivity index (χ4v) is 9.13. The molecule has 5 aromatic carbocycles. The Morgan fingerprint density at radius 2 is 1.47 bits per heavy atom. The first-order chi connectivity index (χ1) is 31.3. The van der Waals surface area contributed by atoms with Gasteiger partial charge in [0.2, 0.25) is 5.56 Å². The van der Waals surface area contributed by atoms with Crippen LogP contribution in [0.5, 0.6) is 23.0 Å². The number of aliphatic hydroxyl groups excluding tert-OH is 1. The molecule has 3 fully saturated rings. The number of carbonyl (C=O) groups is 1. The molecule has 12 nitrogen and oxygen atoms in total. The summed E-state index contributed by atoms with van der Waals surface area (Å²) in [5, 5.41) is 28.1. The van der Waals surface area contributed by atoms with E-state index in [9.17, 15) is 19.8 Å². The largest absolute Gasteiger partial charge is 0.506 e.